The van der Waals surface area contributed by atoms with Crippen molar-refractivity contribution in [2.24, 2.45) is 5.41 Å². The summed E-state index contributed by atoms with van der Waals surface area (Å²) in [4.78, 5) is 11.8. The number of carbonyl (C=O) groups is 1. The van der Waals surface area contributed by atoms with E-state index >= 15 is 0 Å². The van der Waals surface area contributed by atoms with Crippen LogP contribution < -0.4 is 5.32 Å². The van der Waals surface area contributed by atoms with Crippen LogP contribution in [-0.2, 0) is 11.3 Å². The van der Waals surface area contributed by atoms with Crippen LogP contribution in [0, 0.1) is 16.7 Å². The van der Waals surface area contributed by atoms with Crippen molar-refractivity contribution in [2.45, 2.75) is 26.8 Å². The van der Waals surface area contributed by atoms with Gasteiger partial charge in [0.25, 0.3) is 0 Å². The third-order valence-corrected chi connectivity index (χ3v) is 3.29. The Labute approximate surface area is 110 Å². The maximum absolute atomic E-state index is 11.8. The molecule has 0 spiro atoms. The zero-order valence-electron chi connectivity index (χ0n) is 9.96. The second kappa shape index (κ2) is 5.83. The Morgan fingerprint density at radius 3 is 2.82 bits per heavy atom. The van der Waals surface area contributed by atoms with Gasteiger partial charge in [-0.05, 0) is 31.0 Å². The lowest BCUT2D eigenvalue weighted by molar-refractivity contribution is -0.127. The highest BCUT2D eigenvalue weighted by molar-refractivity contribution is 9.10. The molecule has 1 amide bonds. The zero-order chi connectivity index (χ0) is 12.9. The van der Waals surface area contributed by atoms with Gasteiger partial charge in [-0.1, -0.05) is 35.0 Å². The molecule has 0 radical (unpaired) electrons. The number of nitrogens with one attached hydrogen (secondary N) is 1. The summed E-state index contributed by atoms with van der Waals surface area (Å²) < 4.78 is 0.975. The summed E-state index contributed by atoms with van der Waals surface area (Å²) in [7, 11) is 0. The summed E-state index contributed by atoms with van der Waals surface area (Å²) >= 11 is 3.37. The van der Waals surface area contributed by atoms with Crippen molar-refractivity contribution in [3.63, 3.8) is 0 Å². The van der Waals surface area contributed by atoms with Crippen LogP contribution in [0.2, 0.25) is 0 Å². The maximum atomic E-state index is 11.8. The molecule has 0 aromatic heterocycles. The molecule has 1 atom stereocenters. The van der Waals surface area contributed by atoms with E-state index in [1.165, 1.54) is 0 Å². The largest absolute Gasteiger partial charge is 0.351 e. The van der Waals surface area contributed by atoms with Gasteiger partial charge in [0.1, 0.15) is 5.41 Å². The molecule has 0 heterocycles. The first-order chi connectivity index (χ1) is 8.01. The number of nitrogens with zero attached hydrogens (tertiary/aromatic N) is 1. The van der Waals surface area contributed by atoms with Crippen molar-refractivity contribution >= 4 is 21.8 Å². The van der Waals surface area contributed by atoms with Gasteiger partial charge in [0, 0.05) is 11.0 Å². The molecule has 0 aliphatic heterocycles. The lowest BCUT2D eigenvalue weighted by Crippen LogP contribution is -2.37. The summed E-state index contributed by atoms with van der Waals surface area (Å²) in [5.41, 5.74) is 0.0653. The molecule has 0 saturated carbocycles. The van der Waals surface area contributed by atoms with Crippen molar-refractivity contribution in [1.82, 2.24) is 5.32 Å². The van der Waals surface area contributed by atoms with Crippen molar-refractivity contribution in [2.75, 3.05) is 0 Å². The van der Waals surface area contributed by atoms with E-state index in [0.29, 0.717) is 13.0 Å². The maximum Gasteiger partial charge on any atom is 0.240 e. The van der Waals surface area contributed by atoms with E-state index in [-0.39, 0.29) is 5.91 Å². The third-order valence-electron chi connectivity index (χ3n) is 2.80. The molecule has 17 heavy (non-hydrogen) atoms. The number of amides is 1. The molecule has 0 fully saturated rings. The molecular formula is C13H15BrN2O. The second-order valence-corrected chi connectivity index (χ2v) is 5.03. The molecule has 0 aliphatic carbocycles. The van der Waals surface area contributed by atoms with Crippen LogP contribution in [0.5, 0.6) is 0 Å². The Hall–Kier alpha value is -1.34. The molecule has 1 aromatic carbocycles. The fourth-order valence-corrected chi connectivity index (χ4v) is 1.76. The van der Waals surface area contributed by atoms with Crippen molar-refractivity contribution in [1.29, 1.82) is 5.26 Å². The predicted octanol–water partition coefficient (Wildman–Crippen LogP) is 3.01. The van der Waals surface area contributed by atoms with E-state index in [2.05, 4.69) is 27.3 Å². The number of nitriles is 1. The summed E-state index contributed by atoms with van der Waals surface area (Å²) in [6, 6.07) is 9.76. The molecule has 90 valence electrons. The second-order valence-electron chi connectivity index (χ2n) is 4.11. The average molecular weight is 295 g/mol. The van der Waals surface area contributed by atoms with Gasteiger partial charge in [-0.2, -0.15) is 5.26 Å². The van der Waals surface area contributed by atoms with Crippen molar-refractivity contribution in [3.05, 3.63) is 34.3 Å². The molecule has 0 bridgehead atoms. The highest BCUT2D eigenvalue weighted by Crippen LogP contribution is 2.20. The molecule has 0 saturated heterocycles. The lowest BCUT2D eigenvalue weighted by atomic mass is 9.88. The Morgan fingerprint density at radius 1 is 1.59 bits per heavy atom. The highest BCUT2D eigenvalue weighted by Gasteiger charge is 2.30. The normalized spacial score (nSPS) is 13.5. The predicted molar refractivity (Wildman–Crippen MR) is 70.0 cm³/mol. The fourth-order valence-electron chi connectivity index (χ4n) is 1.31. The zero-order valence-corrected chi connectivity index (χ0v) is 11.5. The highest BCUT2D eigenvalue weighted by atomic mass is 79.9. The monoisotopic (exact) mass is 294 g/mol. The fraction of sp³-hybridized carbons (Fsp3) is 0.385. The Balaban J connectivity index is 2.63. The average Bonchev–Trinajstić information content (AvgIpc) is 2.35. The summed E-state index contributed by atoms with van der Waals surface area (Å²) in [6.45, 7) is 3.93. The Bertz CT molecular complexity index is 453. The molecule has 4 heteroatoms. The molecule has 0 aliphatic rings. The van der Waals surface area contributed by atoms with Gasteiger partial charge in [0.15, 0.2) is 0 Å². The van der Waals surface area contributed by atoms with Crippen LogP contribution in [0.3, 0.4) is 0 Å². The smallest absolute Gasteiger partial charge is 0.240 e. The van der Waals surface area contributed by atoms with Gasteiger partial charge in [-0.15, -0.1) is 0 Å². The Kier molecular flexibility index (Phi) is 4.71. The van der Waals surface area contributed by atoms with Crippen LogP contribution in [0.4, 0.5) is 0 Å². The summed E-state index contributed by atoms with van der Waals surface area (Å²) in [5, 5.41) is 11.8. The van der Waals surface area contributed by atoms with Gasteiger partial charge in [-0.3, -0.25) is 4.79 Å². The van der Waals surface area contributed by atoms with E-state index < -0.39 is 5.41 Å². The molecule has 1 rings (SSSR count). The van der Waals surface area contributed by atoms with E-state index in [1.807, 2.05) is 31.2 Å². The van der Waals surface area contributed by atoms with Gasteiger partial charge >= 0.3 is 0 Å². The third kappa shape index (κ3) is 3.57. The van der Waals surface area contributed by atoms with E-state index in [9.17, 15) is 4.79 Å². The topological polar surface area (TPSA) is 52.9 Å². The number of carbonyl (C=O) groups excluding carboxylic acids is 1. The van der Waals surface area contributed by atoms with Crippen molar-refractivity contribution < 1.29 is 4.79 Å². The minimum atomic E-state index is -0.938. The van der Waals surface area contributed by atoms with Gasteiger partial charge in [0.05, 0.1) is 6.07 Å². The number of halogens is 1. The molecule has 3 nitrogen and oxygen atoms in total. The van der Waals surface area contributed by atoms with Crippen LogP contribution in [0.25, 0.3) is 0 Å². The van der Waals surface area contributed by atoms with Crippen LogP contribution in [0.1, 0.15) is 25.8 Å². The van der Waals surface area contributed by atoms with Gasteiger partial charge < -0.3 is 5.32 Å². The van der Waals surface area contributed by atoms with Gasteiger partial charge in [0.2, 0.25) is 5.91 Å². The van der Waals surface area contributed by atoms with E-state index in [1.54, 1.807) is 6.92 Å². The van der Waals surface area contributed by atoms with Crippen LogP contribution in [-0.4, -0.2) is 5.91 Å². The number of hydrogen-bond donors (Lipinski definition) is 1. The molecule has 1 aromatic rings. The number of rotatable bonds is 4. The SMILES string of the molecule is CCC(C)(C#N)C(=O)NCc1cccc(Br)c1. The first-order valence-corrected chi connectivity index (χ1v) is 6.25. The number of hydrogen-bond acceptors (Lipinski definition) is 2. The van der Waals surface area contributed by atoms with Crippen LogP contribution in [0.15, 0.2) is 28.7 Å². The Morgan fingerprint density at radius 2 is 2.29 bits per heavy atom. The molecule has 1 unspecified atom stereocenters. The summed E-state index contributed by atoms with van der Waals surface area (Å²) in [6.07, 6.45) is 0.508. The molecule has 1 N–H and O–H groups in total. The standard InChI is InChI=1S/C13H15BrN2O/c1-3-13(2,9-15)12(17)16-8-10-5-4-6-11(14)7-10/h4-7H,3,8H2,1-2H3,(H,16,17). The summed E-state index contributed by atoms with van der Waals surface area (Å²) in [5.74, 6) is -0.220. The molecular weight excluding hydrogens is 280 g/mol. The van der Waals surface area contributed by atoms with E-state index in [0.717, 1.165) is 10.0 Å². The quantitative estimate of drug-likeness (QED) is 0.928. The first-order valence-electron chi connectivity index (χ1n) is 5.46. The number of benzene rings is 1. The van der Waals surface area contributed by atoms with E-state index in [4.69, 9.17) is 5.26 Å². The minimum Gasteiger partial charge on any atom is -0.351 e. The minimum absolute atomic E-state index is 0.220. The lowest BCUT2D eigenvalue weighted by Gasteiger charge is -2.18. The van der Waals surface area contributed by atoms with Crippen LogP contribution >= 0.6 is 15.9 Å². The van der Waals surface area contributed by atoms with Gasteiger partial charge in [-0.25, -0.2) is 0 Å². The van der Waals surface area contributed by atoms with Crippen molar-refractivity contribution in [3.8, 4) is 6.07 Å². The first kappa shape index (κ1) is 13.7.